The van der Waals surface area contributed by atoms with E-state index in [1.165, 1.54) is 10.4 Å². The molecule has 5 nitrogen and oxygen atoms in total. The van der Waals surface area contributed by atoms with Crippen molar-refractivity contribution in [2.45, 2.75) is 25.0 Å². The number of fused-ring (bicyclic) bond motifs is 1. The Bertz CT molecular complexity index is 841. The number of benzene rings is 1. The maximum Gasteiger partial charge on any atom is 0.119 e. The first-order chi connectivity index (χ1) is 13.3. The first-order valence-corrected chi connectivity index (χ1v) is 10.2. The molecule has 6 heteroatoms. The molecule has 3 N–H and O–H groups in total. The number of methoxy groups -OCH3 is 1. The summed E-state index contributed by atoms with van der Waals surface area (Å²) in [6, 6.07) is 11.3. The van der Waals surface area contributed by atoms with Gasteiger partial charge in [-0.15, -0.1) is 11.3 Å². The monoisotopic (exact) mass is 383 g/mol. The molecule has 3 heterocycles. The lowest BCUT2D eigenvalue weighted by atomic mass is 9.85. The number of hydrogen-bond acceptors (Lipinski definition) is 6. The van der Waals surface area contributed by atoms with Crippen molar-refractivity contribution < 1.29 is 9.84 Å². The van der Waals surface area contributed by atoms with Crippen molar-refractivity contribution in [2.24, 2.45) is 5.92 Å². The van der Waals surface area contributed by atoms with Gasteiger partial charge in [0.25, 0.3) is 0 Å². The largest absolute Gasteiger partial charge is 0.497 e. The molecule has 2 aliphatic rings. The molecule has 0 saturated carbocycles. The molecule has 4 rings (SSSR count). The molecule has 2 saturated heterocycles. The number of nitrogens with zero attached hydrogens (tertiary/aromatic N) is 1. The highest BCUT2D eigenvalue weighted by molar-refractivity contribution is 7.10. The van der Waals surface area contributed by atoms with Crippen molar-refractivity contribution in [3.8, 4) is 17.6 Å². The van der Waals surface area contributed by atoms with Crippen LogP contribution in [-0.4, -0.2) is 42.9 Å². The number of ether oxygens (including phenoxy) is 1. The Kier molecular flexibility index (Phi) is 5.77. The summed E-state index contributed by atoms with van der Waals surface area (Å²) in [6.07, 6.45) is 1.14. The van der Waals surface area contributed by atoms with Crippen LogP contribution in [0, 0.1) is 17.8 Å². The first-order valence-electron chi connectivity index (χ1n) is 9.31. The Morgan fingerprint density at radius 3 is 3.11 bits per heavy atom. The smallest absolute Gasteiger partial charge is 0.119 e. The molecule has 2 fully saturated rings. The van der Waals surface area contributed by atoms with Gasteiger partial charge in [-0.25, -0.2) is 5.43 Å². The van der Waals surface area contributed by atoms with Crippen molar-refractivity contribution in [1.82, 2.24) is 15.8 Å². The predicted molar refractivity (Wildman–Crippen MR) is 107 cm³/mol. The molecule has 0 spiro atoms. The third kappa shape index (κ3) is 4.18. The molecular formula is C21H25N3O2S. The molecule has 1 aromatic heterocycles. The number of thiophene rings is 1. The number of hydrogen-bond donors (Lipinski definition) is 3. The van der Waals surface area contributed by atoms with E-state index >= 15 is 0 Å². The molecule has 0 radical (unpaired) electrons. The zero-order chi connectivity index (χ0) is 18.6. The number of piperidine rings is 1. The van der Waals surface area contributed by atoms with Crippen LogP contribution in [0.1, 0.15) is 28.5 Å². The van der Waals surface area contributed by atoms with Crippen LogP contribution in [0.3, 0.4) is 0 Å². The summed E-state index contributed by atoms with van der Waals surface area (Å²) in [5, 5.41) is 10.9. The zero-order valence-corrected chi connectivity index (χ0v) is 16.3. The second kappa shape index (κ2) is 8.42. The Morgan fingerprint density at radius 1 is 1.33 bits per heavy atom. The van der Waals surface area contributed by atoms with Crippen molar-refractivity contribution >= 4 is 11.3 Å². The SMILES string of the molecule is COc1cccc(C2NNC3CCN(Cc4cc(C#CCO)cs4)CC32)c1. The summed E-state index contributed by atoms with van der Waals surface area (Å²) < 4.78 is 5.40. The topological polar surface area (TPSA) is 56.8 Å². The minimum absolute atomic E-state index is 0.0912. The number of nitrogens with one attached hydrogen (secondary N) is 2. The Balaban J connectivity index is 1.44. The van der Waals surface area contributed by atoms with E-state index in [0.29, 0.717) is 18.0 Å². The second-order valence-electron chi connectivity index (χ2n) is 7.10. The van der Waals surface area contributed by atoms with Gasteiger partial charge in [0.15, 0.2) is 0 Å². The summed E-state index contributed by atoms with van der Waals surface area (Å²) in [5.41, 5.74) is 9.28. The van der Waals surface area contributed by atoms with Gasteiger partial charge >= 0.3 is 0 Å². The Morgan fingerprint density at radius 2 is 2.26 bits per heavy atom. The number of rotatable bonds is 4. The van der Waals surface area contributed by atoms with E-state index < -0.39 is 0 Å². The van der Waals surface area contributed by atoms with Gasteiger partial charge in [-0.2, -0.15) is 0 Å². The van der Waals surface area contributed by atoms with Crippen LogP contribution < -0.4 is 15.6 Å². The lowest BCUT2D eigenvalue weighted by molar-refractivity contribution is 0.149. The van der Waals surface area contributed by atoms with Crippen molar-refractivity contribution in [1.29, 1.82) is 0 Å². The number of aliphatic hydroxyl groups excluding tert-OH is 1. The first kappa shape index (κ1) is 18.5. The van der Waals surface area contributed by atoms with Crippen molar-refractivity contribution in [3.63, 3.8) is 0 Å². The van der Waals surface area contributed by atoms with E-state index in [1.54, 1.807) is 18.4 Å². The third-order valence-corrected chi connectivity index (χ3v) is 6.31. The Labute approximate surface area is 164 Å². The summed E-state index contributed by atoms with van der Waals surface area (Å²) in [5.74, 6) is 7.14. The minimum Gasteiger partial charge on any atom is -0.497 e. The molecule has 3 atom stereocenters. The number of likely N-dealkylation sites (tertiary alicyclic amines) is 1. The van der Waals surface area contributed by atoms with E-state index in [4.69, 9.17) is 9.84 Å². The molecule has 0 bridgehead atoms. The van der Waals surface area contributed by atoms with E-state index in [0.717, 1.165) is 37.4 Å². The fourth-order valence-electron chi connectivity index (χ4n) is 4.07. The van der Waals surface area contributed by atoms with Crippen LogP contribution in [0.15, 0.2) is 35.7 Å². The average molecular weight is 384 g/mol. The normalized spacial score (nSPS) is 24.9. The lowest BCUT2D eigenvalue weighted by Crippen LogP contribution is -2.45. The van der Waals surface area contributed by atoms with Gasteiger partial charge in [-0.05, 0) is 30.2 Å². The summed E-state index contributed by atoms with van der Waals surface area (Å²) >= 11 is 1.75. The van der Waals surface area contributed by atoms with Gasteiger partial charge in [0.1, 0.15) is 12.4 Å². The molecule has 142 valence electrons. The van der Waals surface area contributed by atoms with Crippen molar-refractivity contribution in [3.05, 3.63) is 51.7 Å². The highest BCUT2D eigenvalue weighted by atomic mass is 32.1. The van der Waals surface area contributed by atoms with Crippen LogP contribution in [0.4, 0.5) is 0 Å². The van der Waals surface area contributed by atoms with Crippen LogP contribution in [0.2, 0.25) is 0 Å². The number of aliphatic hydroxyl groups is 1. The molecule has 2 aliphatic heterocycles. The van der Waals surface area contributed by atoms with Crippen LogP contribution in [-0.2, 0) is 6.54 Å². The van der Waals surface area contributed by atoms with Gasteiger partial charge in [-0.3, -0.25) is 10.3 Å². The number of hydrazine groups is 1. The second-order valence-corrected chi connectivity index (χ2v) is 8.09. The fourth-order valence-corrected chi connectivity index (χ4v) is 4.93. The molecule has 2 aromatic rings. The van der Waals surface area contributed by atoms with E-state index in [-0.39, 0.29) is 6.61 Å². The standard InChI is InChI=1S/C21H25N3O2S/c1-26-17-6-2-5-16(11-17)21-19-13-24(8-7-20(19)22-23-21)12-18-10-15(14-27-18)4-3-9-25/h2,5-6,10-11,14,19-23,25H,7-9,12-13H2,1H3. The van der Waals surface area contributed by atoms with Crippen LogP contribution in [0.25, 0.3) is 0 Å². The van der Waals surface area contributed by atoms with E-state index in [9.17, 15) is 0 Å². The van der Waals surface area contributed by atoms with E-state index in [1.807, 2.05) is 6.07 Å². The predicted octanol–water partition coefficient (Wildman–Crippen LogP) is 2.14. The average Bonchev–Trinajstić information content (AvgIpc) is 3.33. The minimum atomic E-state index is -0.0912. The highest BCUT2D eigenvalue weighted by Crippen LogP contribution is 2.35. The molecule has 0 amide bonds. The van der Waals surface area contributed by atoms with Gasteiger partial charge in [0, 0.05) is 47.4 Å². The lowest BCUT2D eigenvalue weighted by Gasteiger charge is -2.36. The Hall–Kier alpha value is -1.88. The summed E-state index contributed by atoms with van der Waals surface area (Å²) in [4.78, 5) is 3.87. The molecule has 1 aromatic carbocycles. The molecule has 0 aliphatic carbocycles. The van der Waals surface area contributed by atoms with Gasteiger partial charge < -0.3 is 9.84 Å². The summed E-state index contributed by atoms with van der Waals surface area (Å²) in [6.45, 7) is 3.02. The third-order valence-electron chi connectivity index (χ3n) is 5.39. The molecular weight excluding hydrogens is 358 g/mol. The molecule has 3 unspecified atom stereocenters. The fraction of sp³-hybridized carbons (Fsp3) is 0.429. The van der Waals surface area contributed by atoms with Gasteiger partial charge in [0.05, 0.1) is 13.2 Å². The van der Waals surface area contributed by atoms with E-state index in [2.05, 4.69) is 57.2 Å². The van der Waals surface area contributed by atoms with Gasteiger partial charge in [-0.1, -0.05) is 24.0 Å². The quantitative estimate of drug-likeness (QED) is 0.707. The summed E-state index contributed by atoms with van der Waals surface area (Å²) in [7, 11) is 1.71. The maximum atomic E-state index is 8.84. The maximum absolute atomic E-state index is 8.84. The van der Waals surface area contributed by atoms with Crippen molar-refractivity contribution in [2.75, 3.05) is 26.8 Å². The molecule has 27 heavy (non-hydrogen) atoms. The van der Waals surface area contributed by atoms with Gasteiger partial charge in [0.2, 0.25) is 0 Å². The van der Waals surface area contributed by atoms with Crippen LogP contribution >= 0.6 is 11.3 Å². The zero-order valence-electron chi connectivity index (χ0n) is 15.4. The highest BCUT2D eigenvalue weighted by Gasteiger charge is 2.40. The van der Waals surface area contributed by atoms with Crippen LogP contribution in [0.5, 0.6) is 5.75 Å².